The third-order valence-electron chi connectivity index (χ3n) is 12.7. The molecule has 0 saturated carbocycles. The van der Waals surface area contributed by atoms with Crippen LogP contribution in [0.15, 0.2) is 36.5 Å². The molecule has 1 amide bonds. The molecule has 0 saturated heterocycles. The number of rotatable bonds is 54. The third-order valence-corrected chi connectivity index (χ3v) is 13.6. The van der Waals surface area contributed by atoms with Crippen LogP contribution in [0.4, 0.5) is 0 Å². The van der Waals surface area contributed by atoms with E-state index in [2.05, 4.69) is 55.6 Å². The predicted molar refractivity (Wildman–Crippen MR) is 286 cm³/mol. The van der Waals surface area contributed by atoms with Crippen LogP contribution in [0.1, 0.15) is 277 Å². The van der Waals surface area contributed by atoms with E-state index in [9.17, 15) is 34.1 Å². The van der Waals surface area contributed by atoms with E-state index in [-0.39, 0.29) is 12.8 Å². The fourth-order valence-corrected chi connectivity index (χ4v) is 9.04. The molecule has 3 unspecified atom stereocenters. The smallest absolute Gasteiger partial charge is 0.472 e. The average molecular weight is 996 g/mol. The minimum absolute atomic E-state index is 0.142. The molecule has 0 aliphatic rings. The molecule has 69 heavy (non-hydrogen) atoms. The monoisotopic (exact) mass is 996 g/mol. The number of carboxylic acid groups (broad SMARTS) is 1. The van der Waals surface area contributed by atoms with Crippen LogP contribution in [0, 0.1) is 0 Å². The maximum atomic E-state index is 12.4. The van der Waals surface area contributed by atoms with Gasteiger partial charge in [0.1, 0.15) is 12.7 Å². The third kappa shape index (κ3) is 51.9. The molecule has 0 rings (SSSR count). The van der Waals surface area contributed by atoms with E-state index in [0.717, 1.165) is 64.2 Å². The summed E-state index contributed by atoms with van der Waals surface area (Å²) in [6.07, 6.45) is 60.3. The molecule has 0 aliphatic carbocycles. The highest BCUT2D eigenvalue weighted by Crippen LogP contribution is 2.43. The van der Waals surface area contributed by atoms with Gasteiger partial charge < -0.3 is 25.2 Å². The Hall–Kier alpha value is -2.30. The summed E-state index contributed by atoms with van der Waals surface area (Å²) in [6, 6.07) is -1.55. The lowest BCUT2D eigenvalue weighted by molar-refractivity contribution is -0.147. The summed E-state index contributed by atoms with van der Waals surface area (Å²) in [5.74, 6) is -2.36. The van der Waals surface area contributed by atoms with E-state index in [0.29, 0.717) is 12.8 Å². The van der Waals surface area contributed by atoms with E-state index in [1.807, 2.05) is 0 Å². The first-order chi connectivity index (χ1) is 33.6. The first-order valence-corrected chi connectivity index (χ1v) is 30.0. The number of aliphatic carboxylic acids is 1. The lowest BCUT2D eigenvalue weighted by Crippen LogP contribution is -2.43. The van der Waals surface area contributed by atoms with Gasteiger partial charge in [-0.05, 0) is 51.4 Å². The number of hydrogen-bond acceptors (Lipinski definition) is 8. The van der Waals surface area contributed by atoms with Gasteiger partial charge in [0.2, 0.25) is 5.91 Å². The van der Waals surface area contributed by atoms with Crippen LogP contribution in [0.5, 0.6) is 0 Å². The van der Waals surface area contributed by atoms with Gasteiger partial charge in [0.15, 0.2) is 6.04 Å². The molecule has 0 spiro atoms. The quantitative estimate of drug-likeness (QED) is 0.0199. The molecule has 0 bridgehead atoms. The van der Waals surface area contributed by atoms with Crippen LogP contribution < -0.4 is 5.32 Å². The van der Waals surface area contributed by atoms with Gasteiger partial charge in [-0.15, -0.1) is 0 Å². The van der Waals surface area contributed by atoms with Gasteiger partial charge in [0.05, 0.1) is 13.2 Å². The second-order valence-corrected chi connectivity index (χ2v) is 20.9. The summed E-state index contributed by atoms with van der Waals surface area (Å²) in [5.41, 5.74) is 0. The summed E-state index contributed by atoms with van der Waals surface area (Å²) in [7, 11) is -4.77. The SMILES string of the molecule is CCCCC/C=C\C/C=C\C/C=C\CCCCCCCCCCCCC(=O)NC(COP(=O)(O)OCC(O)COC(=O)CCCCCCCCCCCCCCCCCCCCCCCC)C(=O)O. The van der Waals surface area contributed by atoms with Crippen molar-refractivity contribution in [2.24, 2.45) is 0 Å². The summed E-state index contributed by atoms with van der Waals surface area (Å²) < 4.78 is 27.0. The molecule has 11 nitrogen and oxygen atoms in total. The summed E-state index contributed by atoms with van der Waals surface area (Å²) in [5, 5.41) is 22.0. The molecule has 404 valence electrons. The Balaban J connectivity index is 3.77. The number of ether oxygens (including phenoxy) is 1. The standard InChI is InChI=1S/C57H106NO10P/c1-3-5-7-9-11-13-15-17-19-21-23-25-27-28-30-32-34-36-38-40-42-44-46-48-55(60)58-54(57(62)63)52-68-69(64,65)67-51-53(59)50-66-56(61)49-47-45-43-41-39-37-35-33-31-29-26-24-22-20-18-16-14-12-10-8-6-4-2/h11,13,17,19,23,25,53-54,59H,3-10,12,14-16,18,20-22,24,26-52H2,1-2H3,(H,58,60)(H,62,63)(H,64,65)/b13-11-,19-17-,25-23-. The van der Waals surface area contributed by atoms with Crippen molar-refractivity contribution < 1.29 is 47.8 Å². The number of unbranched alkanes of at least 4 members (excludes halogenated alkanes) is 34. The van der Waals surface area contributed by atoms with Crippen molar-refractivity contribution in [2.75, 3.05) is 19.8 Å². The Morgan fingerprint density at radius 1 is 0.464 bits per heavy atom. The topological polar surface area (TPSA) is 169 Å². The summed E-state index contributed by atoms with van der Waals surface area (Å²) in [6.45, 7) is 2.63. The number of esters is 1. The summed E-state index contributed by atoms with van der Waals surface area (Å²) >= 11 is 0. The first kappa shape index (κ1) is 66.7. The van der Waals surface area contributed by atoms with Crippen molar-refractivity contribution in [1.29, 1.82) is 0 Å². The van der Waals surface area contributed by atoms with Gasteiger partial charge >= 0.3 is 19.8 Å². The van der Waals surface area contributed by atoms with Crippen molar-refractivity contribution >= 4 is 25.7 Å². The van der Waals surface area contributed by atoms with E-state index in [4.69, 9.17) is 13.8 Å². The highest BCUT2D eigenvalue weighted by molar-refractivity contribution is 7.47. The zero-order chi connectivity index (χ0) is 50.6. The molecule has 0 fully saturated rings. The fourth-order valence-electron chi connectivity index (χ4n) is 8.27. The molecule has 0 heterocycles. The Kier molecular flexibility index (Phi) is 50.3. The molecule has 12 heteroatoms. The molecule has 3 atom stereocenters. The Morgan fingerprint density at radius 3 is 1.22 bits per heavy atom. The minimum Gasteiger partial charge on any atom is -0.480 e. The van der Waals surface area contributed by atoms with E-state index >= 15 is 0 Å². The van der Waals surface area contributed by atoms with Crippen molar-refractivity contribution in [3.8, 4) is 0 Å². The normalized spacial score (nSPS) is 13.7. The second kappa shape index (κ2) is 52.0. The number of carboxylic acids is 1. The van der Waals surface area contributed by atoms with Crippen LogP contribution >= 0.6 is 7.82 Å². The van der Waals surface area contributed by atoms with Crippen molar-refractivity contribution in [2.45, 2.75) is 289 Å². The largest absolute Gasteiger partial charge is 0.480 e. The van der Waals surface area contributed by atoms with E-state index < -0.39 is 57.6 Å². The molecule has 0 aromatic rings. The molecular formula is C57H106NO10P. The molecule has 4 N–H and O–H groups in total. The number of hydrogen-bond donors (Lipinski definition) is 4. The Bertz CT molecular complexity index is 1310. The fraction of sp³-hybridized carbons (Fsp3) is 0.842. The number of aliphatic hydroxyl groups excluding tert-OH is 1. The van der Waals surface area contributed by atoms with Crippen LogP contribution in [0.3, 0.4) is 0 Å². The number of amides is 1. The van der Waals surface area contributed by atoms with Gasteiger partial charge in [0, 0.05) is 12.8 Å². The zero-order valence-electron chi connectivity index (χ0n) is 44.4. The number of phosphoric ester groups is 1. The first-order valence-electron chi connectivity index (χ1n) is 28.5. The highest BCUT2D eigenvalue weighted by Gasteiger charge is 2.28. The van der Waals surface area contributed by atoms with Crippen molar-refractivity contribution in [3.63, 3.8) is 0 Å². The molecular weight excluding hydrogens is 890 g/mol. The molecule has 0 radical (unpaired) electrons. The zero-order valence-corrected chi connectivity index (χ0v) is 45.3. The number of carbonyl (C=O) groups excluding carboxylic acids is 2. The second-order valence-electron chi connectivity index (χ2n) is 19.5. The highest BCUT2D eigenvalue weighted by atomic mass is 31.2. The maximum absolute atomic E-state index is 12.4. The predicted octanol–water partition coefficient (Wildman–Crippen LogP) is 16.3. The molecule has 0 aromatic carbocycles. The van der Waals surface area contributed by atoms with E-state index in [1.54, 1.807) is 0 Å². The lowest BCUT2D eigenvalue weighted by Gasteiger charge is -2.18. The van der Waals surface area contributed by atoms with Crippen molar-refractivity contribution in [3.05, 3.63) is 36.5 Å². The average Bonchev–Trinajstić information content (AvgIpc) is 3.33. The van der Waals surface area contributed by atoms with Crippen LogP contribution in [0.25, 0.3) is 0 Å². The van der Waals surface area contributed by atoms with E-state index in [1.165, 1.54) is 173 Å². The number of allylic oxidation sites excluding steroid dienone is 6. The molecule has 0 aliphatic heterocycles. The van der Waals surface area contributed by atoms with Gasteiger partial charge in [0.25, 0.3) is 0 Å². The Labute approximate surface area is 422 Å². The van der Waals surface area contributed by atoms with Gasteiger partial charge in [-0.25, -0.2) is 9.36 Å². The minimum atomic E-state index is -4.77. The van der Waals surface area contributed by atoms with Gasteiger partial charge in [-0.2, -0.15) is 0 Å². The van der Waals surface area contributed by atoms with Crippen molar-refractivity contribution in [1.82, 2.24) is 5.32 Å². The van der Waals surface area contributed by atoms with Gasteiger partial charge in [-0.1, -0.05) is 249 Å². The Morgan fingerprint density at radius 2 is 0.797 bits per heavy atom. The number of nitrogens with one attached hydrogen (secondary N) is 1. The number of carbonyl (C=O) groups is 3. The summed E-state index contributed by atoms with van der Waals surface area (Å²) in [4.78, 5) is 46.3. The van der Waals surface area contributed by atoms with Crippen LogP contribution in [-0.2, 0) is 32.7 Å². The lowest BCUT2D eigenvalue weighted by atomic mass is 10.0. The van der Waals surface area contributed by atoms with Crippen LogP contribution in [0.2, 0.25) is 0 Å². The molecule has 0 aromatic heterocycles. The maximum Gasteiger partial charge on any atom is 0.472 e. The van der Waals surface area contributed by atoms with Gasteiger partial charge in [-0.3, -0.25) is 18.6 Å². The van der Waals surface area contributed by atoms with Crippen LogP contribution in [-0.4, -0.2) is 64.9 Å². The number of phosphoric acid groups is 1. The number of aliphatic hydroxyl groups is 1.